The van der Waals surface area contributed by atoms with E-state index in [1.54, 1.807) is 17.4 Å². The zero-order valence-electron chi connectivity index (χ0n) is 16.2. The maximum Gasteiger partial charge on any atom is 0.248 e. The molecular formula is C21H20FN5O2S. The molecule has 1 saturated heterocycles. The molecule has 1 N–H and O–H groups in total. The average Bonchev–Trinajstić information content (AvgIpc) is 3.51. The van der Waals surface area contributed by atoms with Gasteiger partial charge in [0.1, 0.15) is 11.6 Å². The molecule has 0 spiro atoms. The van der Waals surface area contributed by atoms with Gasteiger partial charge < -0.3 is 14.3 Å². The third kappa shape index (κ3) is 3.72. The zero-order chi connectivity index (χ0) is 20.5. The fourth-order valence-electron chi connectivity index (χ4n) is 3.89. The number of carbonyl (C=O) groups is 1. The Labute approximate surface area is 175 Å². The summed E-state index contributed by atoms with van der Waals surface area (Å²) in [5.74, 6) is 1.36. The lowest BCUT2D eigenvalue weighted by atomic mass is 10.0. The molecule has 1 atom stereocenters. The molecule has 30 heavy (non-hydrogen) atoms. The highest BCUT2D eigenvalue weighted by Gasteiger charge is 2.30. The number of nitrogens with zero attached hydrogens (tertiary/aromatic N) is 4. The molecule has 5 rings (SSSR count). The largest absolute Gasteiger partial charge is 0.421 e. The molecule has 1 aromatic carbocycles. The predicted molar refractivity (Wildman–Crippen MR) is 110 cm³/mol. The van der Waals surface area contributed by atoms with Crippen LogP contribution in [0.25, 0.3) is 22.5 Å². The first-order valence-electron chi connectivity index (χ1n) is 9.97. The molecule has 4 heterocycles. The van der Waals surface area contributed by atoms with E-state index in [9.17, 15) is 9.18 Å². The topological polar surface area (TPSA) is 87.9 Å². The van der Waals surface area contributed by atoms with Crippen LogP contribution in [0, 0.1) is 5.82 Å². The van der Waals surface area contributed by atoms with Crippen LogP contribution in [0.4, 0.5) is 4.39 Å². The molecule has 1 fully saturated rings. The third-order valence-corrected chi connectivity index (χ3v) is 6.07. The first-order chi connectivity index (χ1) is 14.7. The highest BCUT2D eigenvalue weighted by atomic mass is 32.1. The number of H-pyrrole nitrogens is 1. The molecule has 0 radical (unpaired) electrons. The fraction of sp³-hybridized carbons (Fsp3) is 0.333. The summed E-state index contributed by atoms with van der Waals surface area (Å²) in [6.45, 7) is 0.679. The van der Waals surface area contributed by atoms with Crippen LogP contribution in [0.15, 0.2) is 39.4 Å². The van der Waals surface area contributed by atoms with Crippen LogP contribution in [0.3, 0.4) is 0 Å². The van der Waals surface area contributed by atoms with E-state index in [0.717, 1.165) is 24.8 Å². The second kappa shape index (κ2) is 7.98. The van der Waals surface area contributed by atoms with E-state index in [1.165, 1.54) is 12.1 Å². The van der Waals surface area contributed by atoms with Gasteiger partial charge in [0.05, 0.1) is 17.1 Å². The number of hydrogen-bond donors (Lipinski definition) is 1. The molecule has 0 aliphatic carbocycles. The van der Waals surface area contributed by atoms with Gasteiger partial charge in [0.15, 0.2) is 0 Å². The fourth-order valence-corrected chi connectivity index (χ4v) is 4.52. The molecule has 0 saturated carbocycles. The third-order valence-electron chi connectivity index (χ3n) is 5.39. The monoisotopic (exact) mass is 425 g/mol. The van der Waals surface area contributed by atoms with Crippen LogP contribution in [-0.2, 0) is 11.2 Å². The van der Waals surface area contributed by atoms with Crippen molar-refractivity contribution in [3.05, 3.63) is 52.6 Å². The van der Waals surface area contributed by atoms with Gasteiger partial charge >= 0.3 is 0 Å². The molecule has 154 valence electrons. The number of halogens is 1. The van der Waals surface area contributed by atoms with E-state index in [2.05, 4.69) is 20.2 Å². The van der Waals surface area contributed by atoms with Crippen molar-refractivity contribution < 1.29 is 13.6 Å². The number of piperidine rings is 1. The summed E-state index contributed by atoms with van der Waals surface area (Å²) in [5.41, 5.74) is 2.24. The number of aromatic amines is 1. The predicted octanol–water partition coefficient (Wildman–Crippen LogP) is 4.50. The van der Waals surface area contributed by atoms with Crippen molar-refractivity contribution in [2.75, 3.05) is 6.54 Å². The summed E-state index contributed by atoms with van der Waals surface area (Å²) in [6.07, 6.45) is 3.49. The number of hydrogen-bond acceptors (Lipinski definition) is 6. The summed E-state index contributed by atoms with van der Waals surface area (Å²) in [4.78, 5) is 22.7. The lowest BCUT2D eigenvalue weighted by Crippen LogP contribution is -2.39. The lowest BCUT2D eigenvalue weighted by Gasteiger charge is -2.34. The van der Waals surface area contributed by atoms with E-state index in [1.807, 2.05) is 21.7 Å². The first-order valence-corrected chi connectivity index (χ1v) is 10.9. The van der Waals surface area contributed by atoms with Crippen molar-refractivity contribution in [1.29, 1.82) is 0 Å². The summed E-state index contributed by atoms with van der Waals surface area (Å²) < 4.78 is 19.2. The van der Waals surface area contributed by atoms with Gasteiger partial charge in [-0.3, -0.25) is 4.79 Å². The van der Waals surface area contributed by atoms with Gasteiger partial charge in [-0.25, -0.2) is 9.37 Å². The number of amides is 1. The summed E-state index contributed by atoms with van der Waals surface area (Å²) in [7, 11) is 0. The summed E-state index contributed by atoms with van der Waals surface area (Å²) >= 11 is 1.56. The van der Waals surface area contributed by atoms with Crippen LogP contribution < -0.4 is 0 Å². The quantitative estimate of drug-likeness (QED) is 0.509. The standard InChI is InChI=1S/C21H20FN5O2S/c22-14-4-5-15-16(11-14)24-20(23-15)17-3-1-2-9-27(17)19(28)7-6-18-25-26-21(29-18)13-8-10-30-12-13/h4-5,8,10-12,17H,1-3,6-7,9H2,(H,23,24). The molecule has 9 heteroatoms. The van der Waals surface area contributed by atoms with Crippen LogP contribution in [0.5, 0.6) is 0 Å². The molecular weight excluding hydrogens is 405 g/mol. The van der Waals surface area contributed by atoms with E-state index >= 15 is 0 Å². The summed E-state index contributed by atoms with van der Waals surface area (Å²) in [6, 6.07) is 6.27. The minimum Gasteiger partial charge on any atom is -0.421 e. The van der Waals surface area contributed by atoms with Crippen LogP contribution in [0.1, 0.15) is 43.4 Å². The second-order valence-electron chi connectivity index (χ2n) is 7.40. The Kier molecular flexibility index (Phi) is 5.04. The van der Waals surface area contributed by atoms with Crippen molar-refractivity contribution in [2.45, 2.75) is 38.1 Å². The van der Waals surface area contributed by atoms with Crippen molar-refractivity contribution in [2.24, 2.45) is 0 Å². The minimum atomic E-state index is -0.310. The van der Waals surface area contributed by atoms with Gasteiger partial charge in [-0.2, -0.15) is 11.3 Å². The van der Waals surface area contributed by atoms with Gasteiger partial charge in [-0.1, -0.05) is 0 Å². The van der Waals surface area contributed by atoms with Gasteiger partial charge in [0.25, 0.3) is 0 Å². The molecule has 7 nitrogen and oxygen atoms in total. The molecule has 1 amide bonds. The van der Waals surface area contributed by atoms with Crippen molar-refractivity contribution >= 4 is 28.3 Å². The molecule has 1 aliphatic rings. The molecule has 4 aromatic rings. The highest BCUT2D eigenvalue weighted by Crippen LogP contribution is 2.31. The van der Waals surface area contributed by atoms with E-state index < -0.39 is 0 Å². The van der Waals surface area contributed by atoms with Crippen molar-refractivity contribution in [1.82, 2.24) is 25.1 Å². The van der Waals surface area contributed by atoms with Crippen LogP contribution >= 0.6 is 11.3 Å². The number of rotatable bonds is 5. The number of imidazole rings is 1. The molecule has 3 aromatic heterocycles. The van der Waals surface area contributed by atoms with Gasteiger partial charge in [0.2, 0.25) is 17.7 Å². The highest BCUT2D eigenvalue weighted by molar-refractivity contribution is 7.08. The zero-order valence-corrected chi connectivity index (χ0v) is 17.0. The maximum absolute atomic E-state index is 13.5. The Morgan fingerprint density at radius 2 is 2.23 bits per heavy atom. The Morgan fingerprint density at radius 3 is 3.10 bits per heavy atom. The van der Waals surface area contributed by atoms with Gasteiger partial charge in [-0.05, 0) is 48.9 Å². The van der Waals surface area contributed by atoms with E-state index in [-0.39, 0.29) is 24.2 Å². The Morgan fingerprint density at radius 1 is 1.30 bits per heavy atom. The number of fused-ring (bicyclic) bond motifs is 1. The van der Waals surface area contributed by atoms with Crippen LogP contribution in [-0.4, -0.2) is 37.5 Å². The Hall–Kier alpha value is -3.07. The molecule has 1 unspecified atom stereocenters. The smallest absolute Gasteiger partial charge is 0.248 e. The number of likely N-dealkylation sites (tertiary alicyclic amines) is 1. The van der Waals surface area contributed by atoms with Crippen LogP contribution in [0.2, 0.25) is 0 Å². The maximum atomic E-state index is 13.5. The first kappa shape index (κ1) is 18.9. The number of carbonyl (C=O) groups excluding carboxylic acids is 1. The Balaban J connectivity index is 1.29. The van der Waals surface area contributed by atoms with Gasteiger partial charge in [-0.15, -0.1) is 10.2 Å². The number of thiophene rings is 1. The summed E-state index contributed by atoms with van der Waals surface area (Å²) in [5, 5.41) is 12.0. The SMILES string of the molecule is O=C(CCc1nnc(-c2ccsc2)o1)N1CCCCC1c1nc2ccc(F)cc2[nH]1. The Bertz CT molecular complexity index is 1170. The van der Waals surface area contributed by atoms with Crippen molar-refractivity contribution in [3.8, 4) is 11.5 Å². The average molecular weight is 425 g/mol. The number of aryl methyl sites for hydroxylation is 1. The minimum absolute atomic E-state index is 0.0293. The van der Waals surface area contributed by atoms with Gasteiger partial charge in [0, 0.05) is 30.3 Å². The molecule has 0 bridgehead atoms. The van der Waals surface area contributed by atoms with E-state index in [4.69, 9.17) is 4.42 Å². The van der Waals surface area contributed by atoms with Crippen molar-refractivity contribution in [3.63, 3.8) is 0 Å². The van der Waals surface area contributed by atoms with E-state index in [0.29, 0.717) is 41.6 Å². The molecule has 1 aliphatic heterocycles. The lowest BCUT2D eigenvalue weighted by molar-refractivity contribution is -0.135. The second-order valence-corrected chi connectivity index (χ2v) is 8.18. The number of aromatic nitrogens is 4. The number of benzene rings is 1. The normalized spacial score (nSPS) is 17.0. The number of nitrogens with one attached hydrogen (secondary N) is 1.